The van der Waals surface area contributed by atoms with Crippen LogP contribution in [-0.2, 0) is 19.7 Å². The average molecular weight is 466 g/mol. The van der Waals surface area contributed by atoms with Gasteiger partial charge in [-0.05, 0) is 60.6 Å². The zero-order chi connectivity index (χ0) is 19.5. The standard InChI is InChI=1S/C19H19IN2O4/c1-4-11(3)26-18(25)19(5-2,17(23)24)16-12(9-21)10-22-15-7-6-13(20)8-14(15)16/h6-8,10-11H,4-5H2,1-3H3,(H,23,24). The summed E-state index contributed by atoms with van der Waals surface area (Å²) in [5.74, 6) is -2.19. The maximum atomic E-state index is 13.0. The fourth-order valence-electron chi connectivity index (χ4n) is 2.84. The van der Waals surface area contributed by atoms with Crippen LogP contribution in [0, 0.1) is 14.9 Å². The minimum Gasteiger partial charge on any atom is -0.480 e. The molecule has 0 amide bonds. The summed E-state index contributed by atoms with van der Waals surface area (Å²) >= 11 is 2.09. The van der Waals surface area contributed by atoms with E-state index in [1.165, 1.54) is 6.20 Å². The summed E-state index contributed by atoms with van der Waals surface area (Å²) in [6.07, 6.45) is 1.41. The molecule has 1 aromatic heterocycles. The van der Waals surface area contributed by atoms with E-state index in [1.807, 2.05) is 19.1 Å². The zero-order valence-electron chi connectivity index (χ0n) is 14.7. The highest BCUT2D eigenvalue weighted by molar-refractivity contribution is 14.1. The molecule has 0 spiro atoms. The van der Waals surface area contributed by atoms with Crippen LogP contribution in [0.15, 0.2) is 24.4 Å². The minimum absolute atomic E-state index is 0.0448. The van der Waals surface area contributed by atoms with E-state index in [0.717, 1.165) is 3.57 Å². The second kappa shape index (κ2) is 7.99. The van der Waals surface area contributed by atoms with Crippen molar-refractivity contribution in [3.05, 3.63) is 39.1 Å². The summed E-state index contributed by atoms with van der Waals surface area (Å²) in [4.78, 5) is 29.5. The van der Waals surface area contributed by atoms with Gasteiger partial charge in [0.1, 0.15) is 6.07 Å². The van der Waals surface area contributed by atoms with Gasteiger partial charge in [0, 0.05) is 20.7 Å². The monoisotopic (exact) mass is 466 g/mol. The third-order valence-corrected chi connectivity index (χ3v) is 5.18. The molecule has 7 heteroatoms. The molecule has 1 aromatic carbocycles. The van der Waals surface area contributed by atoms with Gasteiger partial charge < -0.3 is 9.84 Å². The van der Waals surface area contributed by atoms with Gasteiger partial charge in [-0.1, -0.05) is 13.8 Å². The number of hydrogen-bond donors (Lipinski definition) is 1. The summed E-state index contributed by atoms with van der Waals surface area (Å²) in [5, 5.41) is 20.1. The minimum atomic E-state index is -1.97. The quantitative estimate of drug-likeness (QED) is 0.395. The van der Waals surface area contributed by atoms with Crippen molar-refractivity contribution >= 4 is 45.4 Å². The van der Waals surface area contributed by atoms with E-state index < -0.39 is 23.5 Å². The van der Waals surface area contributed by atoms with Gasteiger partial charge in [-0.3, -0.25) is 14.6 Å². The Morgan fingerprint density at radius 1 is 1.42 bits per heavy atom. The number of esters is 1. The van der Waals surface area contributed by atoms with Gasteiger partial charge in [0.15, 0.2) is 5.41 Å². The van der Waals surface area contributed by atoms with Gasteiger partial charge in [0.05, 0.1) is 17.2 Å². The summed E-state index contributed by atoms with van der Waals surface area (Å²) < 4.78 is 6.25. The molecule has 0 aliphatic carbocycles. The van der Waals surface area contributed by atoms with Gasteiger partial charge in [0.2, 0.25) is 0 Å². The second-order valence-corrected chi connectivity index (χ2v) is 7.25. The molecule has 1 heterocycles. The predicted octanol–water partition coefficient (Wildman–Crippen LogP) is 3.79. The Morgan fingerprint density at radius 3 is 2.65 bits per heavy atom. The molecule has 0 saturated carbocycles. The molecule has 26 heavy (non-hydrogen) atoms. The molecule has 0 saturated heterocycles. The molecule has 2 aromatic rings. The number of hydrogen-bond acceptors (Lipinski definition) is 5. The Balaban J connectivity index is 2.89. The van der Waals surface area contributed by atoms with Crippen LogP contribution in [0.4, 0.5) is 0 Å². The predicted molar refractivity (Wildman–Crippen MR) is 105 cm³/mol. The van der Waals surface area contributed by atoms with Crippen LogP contribution in [-0.4, -0.2) is 28.1 Å². The number of carboxylic acids is 1. The number of rotatable bonds is 6. The number of halogens is 1. The fourth-order valence-corrected chi connectivity index (χ4v) is 3.34. The van der Waals surface area contributed by atoms with E-state index in [4.69, 9.17) is 4.74 Å². The molecule has 1 N–H and O–H groups in total. The molecular weight excluding hydrogens is 447 g/mol. The largest absolute Gasteiger partial charge is 0.480 e. The van der Waals surface area contributed by atoms with E-state index in [-0.39, 0.29) is 17.5 Å². The van der Waals surface area contributed by atoms with Crippen LogP contribution in [0.3, 0.4) is 0 Å². The molecule has 2 rings (SSSR count). The molecule has 0 fully saturated rings. The Morgan fingerprint density at radius 2 is 2.12 bits per heavy atom. The summed E-state index contributed by atoms with van der Waals surface area (Å²) in [6.45, 7) is 5.16. The first kappa shape index (κ1) is 20.1. The second-order valence-electron chi connectivity index (χ2n) is 6.01. The number of benzene rings is 1. The van der Waals surface area contributed by atoms with Crippen molar-refractivity contribution in [3.8, 4) is 6.07 Å². The maximum absolute atomic E-state index is 13.0. The van der Waals surface area contributed by atoms with Crippen LogP contribution < -0.4 is 0 Å². The first-order chi connectivity index (χ1) is 12.3. The molecular formula is C19H19IN2O4. The highest BCUT2D eigenvalue weighted by atomic mass is 127. The van der Waals surface area contributed by atoms with E-state index in [0.29, 0.717) is 17.3 Å². The summed E-state index contributed by atoms with van der Waals surface area (Å²) in [6, 6.07) is 7.30. The summed E-state index contributed by atoms with van der Waals surface area (Å²) in [5.41, 5.74) is -1.24. The van der Waals surface area contributed by atoms with Crippen molar-refractivity contribution in [1.82, 2.24) is 4.98 Å². The molecule has 0 aliphatic rings. The molecule has 2 atom stereocenters. The van der Waals surface area contributed by atoms with E-state index in [9.17, 15) is 20.0 Å². The lowest BCUT2D eigenvalue weighted by Gasteiger charge is -2.29. The third-order valence-electron chi connectivity index (χ3n) is 4.50. The first-order valence-corrected chi connectivity index (χ1v) is 9.32. The van der Waals surface area contributed by atoms with Crippen molar-refractivity contribution in [2.24, 2.45) is 0 Å². The van der Waals surface area contributed by atoms with Crippen molar-refractivity contribution in [1.29, 1.82) is 5.26 Å². The number of pyridine rings is 1. The SMILES string of the molecule is CCC(C)OC(=O)C(CC)(C(=O)O)c1c(C#N)cnc2ccc(I)cc12. The number of carbonyl (C=O) groups excluding carboxylic acids is 1. The van der Waals surface area contributed by atoms with Gasteiger partial charge in [-0.2, -0.15) is 5.26 Å². The fraction of sp³-hybridized carbons (Fsp3) is 0.368. The van der Waals surface area contributed by atoms with Crippen molar-refractivity contribution in [3.63, 3.8) is 0 Å². The maximum Gasteiger partial charge on any atom is 0.328 e. The number of aromatic nitrogens is 1. The third kappa shape index (κ3) is 3.38. The lowest BCUT2D eigenvalue weighted by Crippen LogP contribution is -2.46. The lowest BCUT2D eigenvalue weighted by molar-refractivity contribution is -0.165. The van der Waals surface area contributed by atoms with Crippen molar-refractivity contribution in [2.45, 2.75) is 45.1 Å². The topological polar surface area (TPSA) is 100 Å². The van der Waals surface area contributed by atoms with Crippen LogP contribution in [0.2, 0.25) is 0 Å². The van der Waals surface area contributed by atoms with E-state index >= 15 is 0 Å². The summed E-state index contributed by atoms with van der Waals surface area (Å²) in [7, 11) is 0. The molecule has 0 radical (unpaired) electrons. The smallest absolute Gasteiger partial charge is 0.328 e. The van der Waals surface area contributed by atoms with Crippen molar-refractivity contribution in [2.75, 3.05) is 0 Å². The Labute approximate surface area is 165 Å². The highest BCUT2D eigenvalue weighted by Crippen LogP contribution is 2.38. The molecule has 6 nitrogen and oxygen atoms in total. The Hall–Kier alpha value is -2.21. The molecule has 136 valence electrons. The highest BCUT2D eigenvalue weighted by Gasteiger charge is 2.51. The van der Waals surface area contributed by atoms with Gasteiger partial charge in [-0.15, -0.1) is 0 Å². The van der Waals surface area contributed by atoms with Crippen LogP contribution in [0.5, 0.6) is 0 Å². The molecule has 0 bridgehead atoms. The van der Waals surface area contributed by atoms with Gasteiger partial charge in [-0.25, -0.2) is 0 Å². The van der Waals surface area contributed by atoms with Gasteiger partial charge in [0.25, 0.3) is 0 Å². The number of carboxylic acid groups (broad SMARTS) is 1. The number of fused-ring (bicyclic) bond motifs is 1. The number of ether oxygens (including phenoxy) is 1. The van der Waals surface area contributed by atoms with E-state index in [2.05, 4.69) is 27.6 Å². The Kier molecular flexibility index (Phi) is 6.18. The van der Waals surface area contributed by atoms with Crippen molar-refractivity contribution < 1.29 is 19.4 Å². The normalized spacial score (nSPS) is 14.3. The molecule has 2 unspecified atom stereocenters. The lowest BCUT2D eigenvalue weighted by atomic mass is 9.74. The number of carbonyl (C=O) groups is 2. The van der Waals surface area contributed by atoms with E-state index in [1.54, 1.807) is 26.0 Å². The number of nitriles is 1. The Bertz CT molecular complexity index is 906. The number of aliphatic carboxylic acids is 1. The van der Waals surface area contributed by atoms with Gasteiger partial charge >= 0.3 is 11.9 Å². The number of nitrogens with zero attached hydrogens (tertiary/aromatic N) is 2. The molecule has 0 aliphatic heterocycles. The van der Waals surface area contributed by atoms with Crippen LogP contribution in [0.1, 0.15) is 44.7 Å². The van der Waals surface area contributed by atoms with Crippen LogP contribution >= 0.6 is 22.6 Å². The average Bonchev–Trinajstić information content (AvgIpc) is 2.62. The zero-order valence-corrected chi connectivity index (χ0v) is 16.9. The van der Waals surface area contributed by atoms with Crippen LogP contribution in [0.25, 0.3) is 10.9 Å². The first-order valence-electron chi connectivity index (χ1n) is 8.25.